The van der Waals surface area contributed by atoms with Crippen molar-refractivity contribution in [3.05, 3.63) is 34.6 Å². The molecule has 0 fully saturated rings. The van der Waals surface area contributed by atoms with Crippen LogP contribution >= 0.6 is 11.8 Å². The second-order valence-electron chi connectivity index (χ2n) is 5.39. The first kappa shape index (κ1) is 20.4. The van der Waals surface area contributed by atoms with Crippen LogP contribution in [-0.2, 0) is 20.9 Å². The lowest BCUT2D eigenvalue weighted by Crippen LogP contribution is -2.40. The van der Waals surface area contributed by atoms with Gasteiger partial charge in [0.25, 0.3) is 5.56 Å². The molecule has 2 N–H and O–H groups in total. The van der Waals surface area contributed by atoms with Crippen molar-refractivity contribution >= 4 is 40.6 Å². The quantitative estimate of drug-likeness (QED) is 0.408. The Hall–Kier alpha value is -2.88. The maximum atomic E-state index is 12.8. The maximum absolute atomic E-state index is 12.8. The molecule has 1 aromatic carbocycles. The van der Waals surface area contributed by atoms with Gasteiger partial charge in [-0.3, -0.25) is 24.3 Å². The zero-order valence-electron chi connectivity index (χ0n) is 15.0. The molecule has 0 aliphatic carbocycles. The van der Waals surface area contributed by atoms with E-state index in [-0.39, 0.29) is 29.4 Å². The number of thioether (sulfide) groups is 1. The molecule has 1 heterocycles. The molecule has 9 nitrogen and oxygen atoms in total. The van der Waals surface area contributed by atoms with E-state index in [0.29, 0.717) is 17.4 Å². The van der Waals surface area contributed by atoms with Gasteiger partial charge in [-0.2, -0.15) is 0 Å². The number of methoxy groups -OCH3 is 1. The lowest BCUT2D eigenvalue weighted by atomic mass is 10.2. The summed E-state index contributed by atoms with van der Waals surface area (Å²) in [7, 11) is 1.27. The highest BCUT2D eigenvalue weighted by Crippen LogP contribution is 2.18. The standard InChI is InChI=1S/C17H20N4O5S/c1-3-18-16(25)20-13(22)10-27-17-19-12-7-5-4-6-11(12)15(24)21(17)9-8-14(23)26-2/h4-7H,3,8-10H2,1-2H3,(H2,18,20,22,25). The van der Waals surface area contributed by atoms with Crippen LogP contribution in [0.4, 0.5) is 4.79 Å². The highest BCUT2D eigenvalue weighted by Gasteiger charge is 2.15. The molecule has 0 aliphatic rings. The summed E-state index contributed by atoms with van der Waals surface area (Å²) in [5, 5.41) is 5.34. The first-order valence-corrected chi connectivity index (χ1v) is 9.21. The zero-order valence-corrected chi connectivity index (χ0v) is 15.8. The van der Waals surface area contributed by atoms with Gasteiger partial charge in [-0.25, -0.2) is 9.78 Å². The molecule has 0 aliphatic heterocycles. The summed E-state index contributed by atoms with van der Waals surface area (Å²) in [6, 6.07) is 6.24. The van der Waals surface area contributed by atoms with Crippen LogP contribution in [0, 0.1) is 0 Å². The molecule has 1 aromatic heterocycles. The van der Waals surface area contributed by atoms with E-state index in [4.69, 9.17) is 0 Å². The molecule has 10 heteroatoms. The number of fused-ring (bicyclic) bond motifs is 1. The number of amides is 3. The summed E-state index contributed by atoms with van der Waals surface area (Å²) in [5.74, 6) is -1.09. The number of carbonyl (C=O) groups is 3. The van der Waals surface area contributed by atoms with Gasteiger partial charge in [-0.05, 0) is 19.1 Å². The van der Waals surface area contributed by atoms with Crippen LogP contribution in [0.15, 0.2) is 34.2 Å². The average Bonchev–Trinajstić information content (AvgIpc) is 2.65. The van der Waals surface area contributed by atoms with Crippen molar-refractivity contribution in [2.45, 2.75) is 25.0 Å². The summed E-state index contributed by atoms with van der Waals surface area (Å²) in [5.41, 5.74) is 0.180. The van der Waals surface area contributed by atoms with Crippen LogP contribution in [0.3, 0.4) is 0 Å². The fourth-order valence-electron chi connectivity index (χ4n) is 2.26. The van der Waals surface area contributed by atoms with Gasteiger partial charge in [0.15, 0.2) is 5.16 Å². The molecular formula is C17H20N4O5S. The van der Waals surface area contributed by atoms with Gasteiger partial charge in [0.05, 0.1) is 30.2 Å². The molecule has 0 bridgehead atoms. The van der Waals surface area contributed by atoms with Gasteiger partial charge in [-0.15, -0.1) is 0 Å². The molecule has 144 valence electrons. The number of ether oxygens (including phenoxy) is 1. The van der Waals surface area contributed by atoms with Crippen LogP contribution in [0.25, 0.3) is 10.9 Å². The normalized spacial score (nSPS) is 10.4. The van der Waals surface area contributed by atoms with E-state index in [9.17, 15) is 19.2 Å². The van der Waals surface area contributed by atoms with Gasteiger partial charge < -0.3 is 10.1 Å². The van der Waals surface area contributed by atoms with Gasteiger partial charge in [-0.1, -0.05) is 23.9 Å². The third-order valence-electron chi connectivity index (χ3n) is 3.52. The van der Waals surface area contributed by atoms with Crippen molar-refractivity contribution in [1.82, 2.24) is 20.2 Å². The van der Waals surface area contributed by atoms with Crippen molar-refractivity contribution in [1.29, 1.82) is 0 Å². The second-order valence-corrected chi connectivity index (χ2v) is 6.33. The molecule has 2 rings (SSSR count). The summed E-state index contributed by atoms with van der Waals surface area (Å²) in [6.45, 7) is 2.20. The topological polar surface area (TPSA) is 119 Å². The van der Waals surface area contributed by atoms with E-state index in [2.05, 4.69) is 20.4 Å². The van der Waals surface area contributed by atoms with Crippen molar-refractivity contribution < 1.29 is 19.1 Å². The Labute approximate surface area is 159 Å². The molecular weight excluding hydrogens is 372 g/mol. The summed E-state index contributed by atoms with van der Waals surface area (Å²) < 4.78 is 5.95. The number of urea groups is 1. The predicted octanol–water partition coefficient (Wildman–Crippen LogP) is 0.897. The maximum Gasteiger partial charge on any atom is 0.321 e. The average molecular weight is 392 g/mol. The minimum Gasteiger partial charge on any atom is -0.469 e. The van der Waals surface area contributed by atoms with Gasteiger partial charge in [0.1, 0.15) is 0 Å². The lowest BCUT2D eigenvalue weighted by molar-refractivity contribution is -0.140. The molecule has 0 saturated heterocycles. The Morgan fingerprint density at radius 2 is 2.00 bits per heavy atom. The minimum atomic E-state index is -0.586. The second kappa shape index (κ2) is 9.72. The number of aromatic nitrogens is 2. The number of para-hydroxylation sites is 1. The Morgan fingerprint density at radius 3 is 2.70 bits per heavy atom. The van der Waals surface area contributed by atoms with Crippen LogP contribution in [0.5, 0.6) is 0 Å². The number of hydrogen-bond acceptors (Lipinski definition) is 7. The summed E-state index contributed by atoms with van der Waals surface area (Å²) in [6.07, 6.45) is -0.00487. The van der Waals surface area contributed by atoms with Crippen LogP contribution in [0.2, 0.25) is 0 Å². The molecule has 2 aromatic rings. The number of carbonyl (C=O) groups excluding carboxylic acids is 3. The predicted molar refractivity (Wildman–Crippen MR) is 101 cm³/mol. The Bertz CT molecular complexity index is 912. The van der Waals surface area contributed by atoms with Crippen molar-refractivity contribution in [2.24, 2.45) is 0 Å². The number of hydrogen-bond donors (Lipinski definition) is 2. The molecule has 0 spiro atoms. The molecule has 0 radical (unpaired) electrons. The summed E-state index contributed by atoms with van der Waals surface area (Å²) >= 11 is 1.01. The van der Waals surface area contributed by atoms with E-state index in [1.54, 1.807) is 31.2 Å². The number of imide groups is 1. The number of esters is 1. The number of benzene rings is 1. The van der Waals surface area contributed by atoms with Crippen molar-refractivity contribution in [3.63, 3.8) is 0 Å². The Balaban J connectivity index is 2.24. The van der Waals surface area contributed by atoms with E-state index < -0.39 is 17.9 Å². The smallest absolute Gasteiger partial charge is 0.321 e. The van der Waals surface area contributed by atoms with E-state index >= 15 is 0 Å². The number of nitrogens with one attached hydrogen (secondary N) is 2. The van der Waals surface area contributed by atoms with E-state index in [1.165, 1.54) is 11.7 Å². The van der Waals surface area contributed by atoms with Gasteiger partial charge >= 0.3 is 12.0 Å². The van der Waals surface area contributed by atoms with E-state index in [1.807, 2.05) is 0 Å². The number of nitrogens with zero attached hydrogens (tertiary/aromatic N) is 2. The Morgan fingerprint density at radius 1 is 1.26 bits per heavy atom. The molecule has 0 saturated carbocycles. The fraction of sp³-hybridized carbons (Fsp3) is 0.353. The molecule has 3 amide bonds. The van der Waals surface area contributed by atoms with Crippen LogP contribution < -0.4 is 16.2 Å². The Kier molecular flexibility index (Phi) is 7.35. The van der Waals surface area contributed by atoms with E-state index in [0.717, 1.165) is 11.8 Å². The third-order valence-corrected chi connectivity index (χ3v) is 4.49. The molecule has 0 atom stereocenters. The minimum absolute atomic E-state index is 0.00487. The van der Waals surface area contributed by atoms with Crippen LogP contribution in [0.1, 0.15) is 13.3 Å². The lowest BCUT2D eigenvalue weighted by Gasteiger charge is -2.12. The van der Waals surface area contributed by atoms with Gasteiger partial charge in [0, 0.05) is 13.1 Å². The number of rotatable bonds is 7. The SMILES string of the molecule is CCNC(=O)NC(=O)CSc1nc2ccccc2c(=O)n1CCC(=O)OC. The first-order chi connectivity index (χ1) is 13.0. The third kappa shape index (κ3) is 5.55. The highest BCUT2D eigenvalue weighted by atomic mass is 32.2. The highest BCUT2D eigenvalue weighted by molar-refractivity contribution is 7.99. The van der Waals surface area contributed by atoms with Gasteiger partial charge in [0.2, 0.25) is 5.91 Å². The fourth-order valence-corrected chi connectivity index (χ4v) is 3.08. The zero-order chi connectivity index (χ0) is 19.8. The first-order valence-electron chi connectivity index (χ1n) is 8.23. The molecule has 0 unspecified atom stereocenters. The van der Waals surface area contributed by atoms with Crippen molar-refractivity contribution in [2.75, 3.05) is 19.4 Å². The molecule has 27 heavy (non-hydrogen) atoms. The van der Waals surface area contributed by atoms with Crippen molar-refractivity contribution in [3.8, 4) is 0 Å². The largest absolute Gasteiger partial charge is 0.469 e. The van der Waals surface area contributed by atoms with Crippen LogP contribution in [-0.4, -0.2) is 46.9 Å². The summed E-state index contributed by atoms with van der Waals surface area (Å²) in [4.78, 5) is 51.9. The monoisotopic (exact) mass is 392 g/mol.